The molecular formula is C10H13BFNO4. The minimum absolute atomic E-state index is 0.0545. The highest BCUT2D eigenvalue weighted by Crippen LogP contribution is 2.11. The number of nitrogens with two attached hydrogens (primary N) is 1. The van der Waals surface area contributed by atoms with Gasteiger partial charge in [-0.25, -0.2) is 4.39 Å². The monoisotopic (exact) mass is 241 g/mol. The fraction of sp³-hybridized carbons (Fsp3) is 0.300. The Morgan fingerprint density at radius 3 is 2.53 bits per heavy atom. The number of carboxylic acids is 1. The number of carboxylic acid groups (broad SMARTS) is 1. The first-order valence-electron chi connectivity index (χ1n) is 4.91. The van der Waals surface area contributed by atoms with Gasteiger partial charge < -0.3 is 20.9 Å². The highest BCUT2D eigenvalue weighted by molar-refractivity contribution is 6.58. The van der Waals surface area contributed by atoms with E-state index in [1.54, 1.807) is 0 Å². The van der Waals surface area contributed by atoms with E-state index in [1.165, 1.54) is 19.1 Å². The van der Waals surface area contributed by atoms with E-state index in [9.17, 15) is 9.18 Å². The van der Waals surface area contributed by atoms with Crippen LogP contribution < -0.4 is 11.2 Å². The Balaban J connectivity index is 2.96. The molecule has 0 saturated heterocycles. The Morgan fingerprint density at radius 1 is 1.53 bits per heavy atom. The third-order valence-corrected chi connectivity index (χ3v) is 2.40. The molecule has 1 aromatic carbocycles. The third kappa shape index (κ3) is 3.26. The molecule has 7 heteroatoms. The predicted molar refractivity (Wildman–Crippen MR) is 60.2 cm³/mol. The van der Waals surface area contributed by atoms with Gasteiger partial charge in [0.15, 0.2) is 0 Å². The van der Waals surface area contributed by atoms with Crippen molar-refractivity contribution in [3.8, 4) is 0 Å². The minimum atomic E-state index is -1.90. The van der Waals surface area contributed by atoms with Gasteiger partial charge in [0.25, 0.3) is 0 Å². The van der Waals surface area contributed by atoms with Gasteiger partial charge in [0.05, 0.1) is 0 Å². The maximum absolute atomic E-state index is 13.4. The van der Waals surface area contributed by atoms with E-state index >= 15 is 0 Å². The number of benzene rings is 1. The molecule has 1 aromatic rings. The molecule has 0 radical (unpaired) electrons. The van der Waals surface area contributed by atoms with Crippen LogP contribution in [0.25, 0.3) is 0 Å². The van der Waals surface area contributed by atoms with Gasteiger partial charge in [-0.3, -0.25) is 4.79 Å². The summed E-state index contributed by atoms with van der Waals surface area (Å²) in [7, 11) is -1.90. The summed E-state index contributed by atoms with van der Waals surface area (Å²) in [6.07, 6.45) is -0.0545. The van der Waals surface area contributed by atoms with E-state index < -0.39 is 24.4 Å². The van der Waals surface area contributed by atoms with E-state index in [2.05, 4.69) is 0 Å². The predicted octanol–water partition coefficient (Wildman–Crippen LogP) is -1.15. The largest absolute Gasteiger partial charge is 0.491 e. The molecule has 17 heavy (non-hydrogen) atoms. The summed E-state index contributed by atoms with van der Waals surface area (Å²) < 4.78 is 13.4. The first kappa shape index (κ1) is 13.6. The van der Waals surface area contributed by atoms with Crippen LogP contribution in [-0.2, 0) is 11.2 Å². The summed E-state index contributed by atoms with van der Waals surface area (Å²) in [6, 6.07) is 3.64. The second-order valence-corrected chi connectivity index (χ2v) is 4.13. The summed E-state index contributed by atoms with van der Waals surface area (Å²) in [5.74, 6) is -2.00. The van der Waals surface area contributed by atoms with Crippen molar-refractivity contribution in [1.82, 2.24) is 0 Å². The topological polar surface area (TPSA) is 104 Å². The van der Waals surface area contributed by atoms with Crippen LogP contribution >= 0.6 is 0 Å². The molecule has 0 heterocycles. The zero-order valence-electron chi connectivity index (χ0n) is 9.22. The summed E-state index contributed by atoms with van der Waals surface area (Å²) >= 11 is 0. The number of hydrogen-bond acceptors (Lipinski definition) is 4. The Hall–Kier alpha value is -1.44. The summed E-state index contributed by atoms with van der Waals surface area (Å²) in [4.78, 5) is 10.8. The lowest BCUT2D eigenvalue weighted by atomic mass is 9.79. The molecule has 0 spiro atoms. The molecule has 0 saturated carbocycles. The van der Waals surface area contributed by atoms with E-state index in [0.29, 0.717) is 5.56 Å². The van der Waals surface area contributed by atoms with Crippen LogP contribution in [0.15, 0.2) is 18.2 Å². The lowest BCUT2D eigenvalue weighted by molar-refractivity contribution is -0.142. The summed E-state index contributed by atoms with van der Waals surface area (Å²) in [5.41, 5.74) is 4.14. The van der Waals surface area contributed by atoms with E-state index in [-0.39, 0.29) is 11.9 Å². The van der Waals surface area contributed by atoms with Gasteiger partial charge in [0.1, 0.15) is 11.4 Å². The van der Waals surface area contributed by atoms with Gasteiger partial charge in [0.2, 0.25) is 0 Å². The Kier molecular flexibility index (Phi) is 3.87. The highest BCUT2D eigenvalue weighted by atomic mass is 19.1. The average Bonchev–Trinajstić information content (AvgIpc) is 2.15. The highest BCUT2D eigenvalue weighted by Gasteiger charge is 2.28. The van der Waals surface area contributed by atoms with Crippen LogP contribution in [0.4, 0.5) is 4.39 Å². The molecule has 0 aromatic heterocycles. The van der Waals surface area contributed by atoms with Crippen LogP contribution in [0.5, 0.6) is 0 Å². The van der Waals surface area contributed by atoms with Gasteiger partial charge in [-0.15, -0.1) is 0 Å². The van der Waals surface area contributed by atoms with Gasteiger partial charge in [-0.1, -0.05) is 12.1 Å². The molecule has 5 N–H and O–H groups in total. The molecule has 0 aliphatic rings. The minimum Gasteiger partial charge on any atom is -0.480 e. The summed E-state index contributed by atoms with van der Waals surface area (Å²) in [5, 5.41) is 26.4. The van der Waals surface area contributed by atoms with Crippen molar-refractivity contribution in [2.75, 3.05) is 0 Å². The molecular weight excluding hydrogens is 228 g/mol. The van der Waals surface area contributed by atoms with Crippen molar-refractivity contribution >= 4 is 18.6 Å². The first-order chi connectivity index (χ1) is 7.74. The maximum Gasteiger partial charge on any atom is 0.491 e. The van der Waals surface area contributed by atoms with Crippen LogP contribution in [0.3, 0.4) is 0 Å². The van der Waals surface area contributed by atoms with Gasteiger partial charge in [-0.05, 0) is 18.6 Å². The molecule has 1 unspecified atom stereocenters. The lowest BCUT2D eigenvalue weighted by Gasteiger charge is -2.19. The molecule has 92 valence electrons. The number of aliphatic carboxylic acids is 1. The normalized spacial score (nSPS) is 14.2. The second-order valence-electron chi connectivity index (χ2n) is 4.13. The molecule has 0 amide bonds. The molecule has 1 rings (SSSR count). The molecule has 5 nitrogen and oxygen atoms in total. The van der Waals surface area contributed by atoms with Crippen molar-refractivity contribution in [3.05, 3.63) is 29.6 Å². The molecule has 0 bridgehead atoms. The lowest BCUT2D eigenvalue weighted by Crippen LogP contribution is -2.47. The third-order valence-electron chi connectivity index (χ3n) is 2.40. The Labute approximate surface area is 97.8 Å². The zero-order valence-corrected chi connectivity index (χ0v) is 9.22. The van der Waals surface area contributed by atoms with Crippen molar-refractivity contribution in [1.29, 1.82) is 0 Å². The number of halogens is 1. The molecule has 0 aliphatic heterocycles. The van der Waals surface area contributed by atoms with Crippen molar-refractivity contribution in [3.63, 3.8) is 0 Å². The van der Waals surface area contributed by atoms with Gasteiger partial charge >= 0.3 is 13.1 Å². The van der Waals surface area contributed by atoms with Gasteiger partial charge in [-0.2, -0.15) is 0 Å². The first-order valence-corrected chi connectivity index (χ1v) is 4.91. The van der Waals surface area contributed by atoms with E-state index in [1.807, 2.05) is 0 Å². The fourth-order valence-corrected chi connectivity index (χ4v) is 1.39. The SMILES string of the molecule is CC(N)(Cc1ccc(B(O)O)c(F)c1)C(=O)O. The Morgan fingerprint density at radius 2 is 2.12 bits per heavy atom. The zero-order chi connectivity index (χ0) is 13.2. The number of carbonyl (C=O) groups is 1. The second kappa shape index (κ2) is 4.83. The quantitative estimate of drug-likeness (QED) is 0.498. The standard InChI is InChI=1S/C10H13BFNO4/c1-10(13,9(14)15)5-6-2-3-7(11(16)17)8(12)4-6/h2-4,16-17H,5,13H2,1H3,(H,14,15). The summed E-state index contributed by atoms with van der Waals surface area (Å²) in [6.45, 7) is 1.32. The smallest absolute Gasteiger partial charge is 0.480 e. The van der Waals surface area contributed by atoms with Crippen LogP contribution in [0.1, 0.15) is 12.5 Å². The molecule has 0 fully saturated rings. The molecule has 1 atom stereocenters. The maximum atomic E-state index is 13.4. The van der Waals surface area contributed by atoms with Crippen molar-refractivity contribution in [2.45, 2.75) is 18.9 Å². The van der Waals surface area contributed by atoms with Crippen LogP contribution in [0.2, 0.25) is 0 Å². The fourth-order valence-electron chi connectivity index (χ4n) is 1.39. The van der Waals surface area contributed by atoms with Gasteiger partial charge in [0, 0.05) is 11.9 Å². The van der Waals surface area contributed by atoms with Crippen molar-refractivity contribution in [2.24, 2.45) is 5.73 Å². The number of hydrogen-bond donors (Lipinski definition) is 4. The Bertz CT molecular complexity index is 436. The van der Waals surface area contributed by atoms with Crippen molar-refractivity contribution < 1.29 is 24.3 Å². The van der Waals surface area contributed by atoms with Crippen LogP contribution in [0, 0.1) is 5.82 Å². The molecule has 0 aliphatic carbocycles. The van der Waals surface area contributed by atoms with E-state index in [0.717, 1.165) is 6.07 Å². The van der Waals surface area contributed by atoms with Crippen LogP contribution in [-0.4, -0.2) is 33.8 Å². The average molecular weight is 241 g/mol. The van der Waals surface area contributed by atoms with E-state index in [4.69, 9.17) is 20.9 Å². The number of rotatable bonds is 4.